The fraction of sp³-hybridized carbons (Fsp3) is 0.400. The molecule has 0 saturated carbocycles. The molecule has 1 amide bonds. The van der Waals surface area contributed by atoms with E-state index in [4.69, 9.17) is 10.00 Å². The molecule has 0 fully saturated rings. The number of amides is 1. The summed E-state index contributed by atoms with van der Waals surface area (Å²) in [7, 11) is 0. The van der Waals surface area contributed by atoms with Gasteiger partial charge < -0.3 is 14.7 Å². The van der Waals surface area contributed by atoms with Gasteiger partial charge in [-0.3, -0.25) is 4.79 Å². The standard InChI is InChI=1S/C15H18N2O4/c1-3-17(4-2)14(19)13(18)10-21-15(20)12-7-5-11(9-16)6-8-12/h5-8,13,18H,3-4,10H2,1-2H3. The van der Waals surface area contributed by atoms with E-state index in [1.165, 1.54) is 29.2 Å². The third kappa shape index (κ3) is 4.58. The van der Waals surface area contributed by atoms with Crippen LogP contribution in [0.15, 0.2) is 24.3 Å². The summed E-state index contributed by atoms with van der Waals surface area (Å²) in [6.45, 7) is 4.17. The summed E-state index contributed by atoms with van der Waals surface area (Å²) in [4.78, 5) is 25.0. The van der Waals surface area contributed by atoms with E-state index in [1.807, 2.05) is 6.07 Å². The summed E-state index contributed by atoms with van der Waals surface area (Å²) in [6.07, 6.45) is -1.37. The van der Waals surface area contributed by atoms with E-state index >= 15 is 0 Å². The van der Waals surface area contributed by atoms with Crippen LogP contribution in [0.5, 0.6) is 0 Å². The minimum absolute atomic E-state index is 0.261. The van der Waals surface area contributed by atoms with Crippen LogP contribution in [0.1, 0.15) is 29.8 Å². The molecular formula is C15H18N2O4. The molecule has 21 heavy (non-hydrogen) atoms. The molecule has 0 saturated heterocycles. The fourth-order valence-electron chi connectivity index (χ4n) is 1.74. The molecule has 1 N–H and O–H groups in total. The minimum Gasteiger partial charge on any atom is -0.459 e. The monoisotopic (exact) mass is 290 g/mol. The lowest BCUT2D eigenvalue weighted by molar-refractivity contribution is -0.141. The van der Waals surface area contributed by atoms with Crippen molar-refractivity contribution >= 4 is 11.9 Å². The van der Waals surface area contributed by atoms with Crippen LogP contribution in [0.4, 0.5) is 0 Å². The van der Waals surface area contributed by atoms with Crippen molar-refractivity contribution in [3.63, 3.8) is 0 Å². The molecule has 6 heteroatoms. The summed E-state index contributed by atoms with van der Waals surface area (Å²) in [5, 5.41) is 18.4. The second-order valence-electron chi connectivity index (χ2n) is 4.31. The van der Waals surface area contributed by atoms with Crippen LogP contribution >= 0.6 is 0 Å². The van der Waals surface area contributed by atoms with Crippen molar-refractivity contribution in [3.05, 3.63) is 35.4 Å². The first-order valence-electron chi connectivity index (χ1n) is 6.67. The van der Waals surface area contributed by atoms with Crippen LogP contribution in [0, 0.1) is 11.3 Å². The van der Waals surface area contributed by atoms with Gasteiger partial charge in [-0.05, 0) is 38.1 Å². The number of carbonyl (C=O) groups is 2. The van der Waals surface area contributed by atoms with Crippen molar-refractivity contribution < 1.29 is 19.4 Å². The number of benzene rings is 1. The Morgan fingerprint density at radius 3 is 2.33 bits per heavy atom. The molecule has 0 aliphatic heterocycles. The topological polar surface area (TPSA) is 90.6 Å². The zero-order valence-corrected chi connectivity index (χ0v) is 12.1. The number of carbonyl (C=O) groups excluding carboxylic acids is 2. The normalized spacial score (nSPS) is 11.3. The largest absolute Gasteiger partial charge is 0.459 e. The Kier molecular flexibility index (Phi) is 6.37. The van der Waals surface area contributed by atoms with E-state index in [-0.39, 0.29) is 5.56 Å². The van der Waals surface area contributed by atoms with Gasteiger partial charge in [-0.15, -0.1) is 0 Å². The Morgan fingerprint density at radius 2 is 1.86 bits per heavy atom. The molecule has 0 bridgehead atoms. The number of hydrogen-bond donors (Lipinski definition) is 1. The number of hydrogen-bond acceptors (Lipinski definition) is 5. The summed E-state index contributed by atoms with van der Waals surface area (Å²) >= 11 is 0. The number of nitrogens with zero attached hydrogens (tertiary/aromatic N) is 2. The Bertz CT molecular complexity index is 530. The second-order valence-corrected chi connectivity index (χ2v) is 4.31. The molecule has 1 unspecified atom stereocenters. The molecule has 0 radical (unpaired) electrons. The van der Waals surface area contributed by atoms with Gasteiger partial charge in [0.15, 0.2) is 6.10 Å². The maximum absolute atomic E-state index is 11.8. The van der Waals surface area contributed by atoms with E-state index in [9.17, 15) is 14.7 Å². The molecule has 0 aromatic heterocycles. The first-order valence-corrected chi connectivity index (χ1v) is 6.67. The predicted octanol–water partition coefficient (Wildman–Crippen LogP) is 0.944. The molecule has 0 aliphatic rings. The van der Waals surface area contributed by atoms with E-state index in [1.54, 1.807) is 13.8 Å². The van der Waals surface area contributed by atoms with Crippen molar-refractivity contribution in [2.45, 2.75) is 20.0 Å². The lowest BCUT2D eigenvalue weighted by Crippen LogP contribution is -2.41. The van der Waals surface area contributed by atoms with Crippen molar-refractivity contribution in [2.24, 2.45) is 0 Å². The lowest BCUT2D eigenvalue weighted by atomic mass is 10.1. The molecular weight excluding hydrogens is 272 g/mol. The first kappa shape index (κ1) is 16.7. The molecule has 0 spiro atoms. The molecule has 6 nitrogen and oxygen atoms in total. The minimum atomic E-state index is -1.37. The molecule has 1 aromatic carbocycles. The van der Waals surface area contributed by atoms with Gasteiger partial charge in [0.2, 0.25) is 0 Å². The van der Waals surface area contributed by atoms with Crippen molar-refractivity contribution in [1.29, 1.82) is 5.26 Å². The van der Waals surface area contributed by atoms with Crippen LogP contribution in [0.3, 0.4) is 0 Å². The number of aliphatic hydroxyl groups excluding tert-OH is 1. The van der Waals surface area contributed by atoms with Gasteiger partial charge in [0.25, 0.3) is 5.91 Å². The Balaban J connectivity index is 2.55. The van der Waals surface area contributed by atoms with E-state index in [0.29, 0.717) is 18.7 Å². The van der Waals surface area contributed by atoms with Gasteiger partial charge in [0, 0.05) is 13.1 Å². The number of esters is 1. The van der Waals surface area contributed by atoms with Gasteiger partial charge in [-0.2, -0.15) is 5.26 Å². The lowest BCUT2D eigenvalue weighted by Gasteiger charge is -2.21. The average molecular weight is 290 g/mol. The summed E-state index contributed by atoms with van der Waals surface area (Å²) in [5.74, 6) is -1.11. The summed E-state index contributed by atoms with van der Waals surface area (Å²) < 4.78 is 4.90. The molecule has 1 aromatic rings. The van der Waals surface area contributed by atoms with Crippen molar-refractivity contribution in [2.75, 3.05) is 19.7 Å². The van der Waals surface area contributed by atoms with Crippen LogP contribution in [0.2, 0.25) is 0 Å². The highest BCUT2D eigenvalue weighted by Gasteiger charge is 2.21. The quantitative estimate of drug-likeness (QED) is 0.787. The molecule has 112 valence electrons. The first-order chi connectivity index (χ1) is 10.0. The molecule has 1 rings (SSSR count). The van der Waals surface area contributed by atoms with E-state index < -0.39 is 24.6 Å². The van der Waals surface area contributed by atoms with Gasteiger partial charge in [0.05, 0.1) is 17.2 Å². The van der Waals surface area contributed by atoms with E-state index in [0.717, 1.165) is 0 Å². The van der Waals surface area contributed by atoms with Crippen molar-refractivity contribution in [1.82, 2.24) is 4.90 Å². The van der Waals surface area contributed by atoms with Gasteiger partial charge in [-0.25, -0.2) is 4.79 Å². The highest BCUT2D eigenvalue weighted by Crippen LogP contribution is 2.06. The average Bonchev–Trinajstić information content (AvgIpc) is 2.53. The fourth-order valence-corrected chi connectivity index (χ4v) is 1.74. The Labute approximate surface area is 123 Å². The third-order valence-electron chi connectivity index (χ3n) is 2.98. The molecule has 0 heterocycles. The Morgan fingerprint density at radius 1 is 1.29 bits per heavy atom. The van der Waals surface area contributed by atoms with Crippen LogP contribution in [-0.2, 0) is 9.53 Å². The number of nitriles is 1. The van der Waals surface area contributed by atoms with E-state index in [2.05, 4.69) is 0 Å². The van der Waals surface area contributed by atoms with Gasteiger partial charge >= 0.3 is 5.97 Å². The highest BCUT2D eigenvalue weighted by atomic mass is 16.5. The van der Waals surface area contributed by atoms with Gasteiger partial charge in [0.1, 0.15) is 6.61 Å². The number of likely N-dealkylation sites (N-methyl/N-ethyl adjacent to an activating group) is 1. The highest BCUT2D eigenvalue weighted by molar-refractivity contribution is 5.90. The molecule has 1 atom stereocenters. The Hall–Kier alpha value is -2.39. The maximum atomic E-state index is 11.8. The predicted molar refractivity (Wildman–Crippen MR) is 75.4 cm³/mol. The van der Waals surface area contributed by atoms with Crippen LogP contribution in [-0.4, -0.2) is 47.7 Å². The summed E-state index contributed by atoms with van der Waals surface area (Å²) in [5.41, 5.74) is 0.694. The zero-order chi connectivity index (χ0) is 15.8. The second kappa shape index (κ2) is 8.02. The SMILES string of the molecule is CCN(CC)C(=O)C(O)COC(=O)c1ccc(C#N)cc1. The maximum Gasteiger partial charge on any atom is 0.338 e. The van der Waals surface area contributed by atoms with Crippen molar-refractivity contribution in [3.8, 4) is 6.07 Å². The van der Waals surface area contributed by atoms with Gasteiger partial charge in [-0.1, -0.05) is 0 Å². The number of aliphatic hydroxyl groups is 1. The number of rotatable bonds is 6. The zero-order valence-electron chi connectivity index (χ0n) is 12.1. The summed E-state index contributed by atoms with van der Waals surface area (Å²) in [6, 6.07) is 7.85. The smallest absolute Gasteiger partial charge is 0.338 e. The van der Waals surface area contributed by atoms with Crippen LogP contribution in [0.25, 0.3) is 0 Å². The molecule has 0 aliphatic carbocycles. The third-order valence-corrected chi connectivity index (χ3v) is 2.98. The van der Waals surface area contributed by atoms with Crippen LogP contribution < -0.4 is 0 Å². The number of ether oxygens (including phenoxy) is 1.